The number of phenolic OH excluding ortho intramolecular Hbond substituents is 1. The van der Waals surface area contributed by atoms with E-state index >= 15 is 0 Å². The second kappa shape index (κ2) is 16.8. The summed E-state index contributed by atoms with van der Waals surface area (Å²) < 4.78 is 7.16. The summed E-state index contributed by atoms with van der Waals surface area (Å²) >= 11 is 6.18. The van der Waals surface area contributed by atoms with Crippen LogP contribution in [-0.4, -0.2) is 85.6 Å². The lowest BCUT2D eigenvalue weighted by molar-refractivity contribution is -0.144. The van der Waals surface area contributed by atoms with Crippen molar-refractivity contribution in [2.75, 3.05) is 25.5 Å². The third-order valence-corrected chi connectivity index (χ3v) is 8.83. The first-order valence-corrected chi connectivity index (χ1v) is 17.6. The minimum absolute atomic E-state index is 0.00167. The molecule has 2 heterocycles. The van der Waals surface area contributed by atoms with E-state index in [1.54, 1.807) is 80.0 Å². The maximum Gasteiger partial charge on any atom is 0.410 e. The van der Waals surface area contributed by atoms with Crippen LogP contribution in [0.1, 0.15) is 56.7 Å². The Bertz CT molecular complexity index is 1940. The number of benzene rings is 3. The molecule has 1 aromatic heterocycles. The van der Waals surface area contributed by atoms with Crippen LogP contribution in [0.15, 0.2) is 79.0 Å². The Hall–Kier alpha value is -5.31. The molecule has 0 bridgehead atoms. The number of nitrogens with zero attached hydrogens (tertiary/aromatic N) is 4. The predicted octanol–water partition coefficient (Wildman–Crippen LogP) is 6.10. The first-order valence-electron chi connectivity index (χ1n) is 17.2. The number of ether oxygens (including phenoxy) is 1. The lowest BCUT2D eigenvalue weighted by Gasteiger charge is -2.39. The van der Waals surface area contributed by atoms with Gasteiger partial charge in [0.2, 0.25) is 11.8 Å². The Kier molecular flexibility index (Phi) is 12.3. The average molecular weight is 726 g/mol. The fourth-order valence-electron chi connectivity index (χ4n) is 5.98. The third kappa shape index (κ3) is 9.72. The van der Waals surface area contributed by atoms with E-state index in [9.17, 15) is 24.6 Å². The summed E-state index contributed by atoms with van der Waals surface area (Å²) in [6, 6.07) is 19.6. The number of halogens is 1. The minimum Gasteiger partial charge on any atom is -0.507 e. The van der Waals surface area contributed by atoms with Gasteiger partial charge in [-0.25, -0.2) is 4.79 Å². The van der Waals surface area contributed by atoms with Crippen LogP contribution in [0.4, 0.5) is 10.5 Å². The lowest BCUT2D eigenvalue weighted by Crippen LogP contribution is -2.57. The number of likely N-dealkylation sites (N-methyl/N-ethyl adjacent to an activating group) is 1. The van der Waals surface area contributed by atoms with Crippen LogP contribution in [0.2, 0.25) is 5.02 Å². The molecule has 3 aromatic carbocycles. The summed E-state index contributed by atoms with van der Waals surface area (Å²) in [5.74, 6) is 5.59. The van der Waals surface area contributed by atoms with Gasteiger partial charge in [0.1, 0.15) is 29.1 Å². The first-order chi connectivity index (χ1) is 24.8. The Morgan fingerprint density at radius 3 is 2.48 bits per heavy atom. The molecular formula is C40H44ClN5O6. The highest BCUT2D eigenvalue weighted by Gasteiger charge is 2.39. The maximum absolute atomic E-state index is 14.2. The quantitative estimate of drug-likeness (QED) is 0.178. The van der Waals surface area contributed by atoms with Gasteiger partial charge in [0.25, 0.3) is 0 Å². The third-order valence-electron chi connectivity index (χ3n) is 8.59. The molecule has 52 heavy (non-hydrogen) atoms. The zero-order valence-corrected chi connectivity index (χ0v) is 30.6. The number of aliphatic hydroxyl groups excluding tert-OH is 1. The van der Waals surface area contributed by atoms with Gasteiger partial charge in [-0.2, -0.15) is 5.10 Å². The Labute approximate surface area is 309 Å². The van der Waals surface area contributed by atoms with Crippen LogP contribution in [0, 0.1) is 11.8 Å². The number of carbonyl (C=O) groups is 3. The smallest absolute Gasteiger partial charge is 0.410 e. The number of piperidine rings is 1. The molecule has 1 saturated heterocycles. The van der Waals surface area contributed by atoms with Gasteiger partial charge in [-0.05, 0) is 88.1 Å². The van der Waals surface area contributed by atoms with E-state index in [0.29, 0.717) is 46.1 Å². The number of hydrogen-bond acceptors (Lipinski definition) is 7. The fraction of sp³-hybridized carbons (Fsp3) is 0.350. The van der Waals surface area contributed by atoms with Crippen LogP contribution in [0.25, 0.3) is 11.3 Å². The van der Waals surface area contributed by atoms with Crippen molar-refractivity contribution in [3.8, 4) is 28.8 Å². The van der Waals surface area contributed by atoms with Crippen molar-refractivity contribution >= 4 is 35.2 Å². The SMILES string of the molecule is CN(C(=O)OC(C)(C)C)[C@@H](Cc1ccccc1)C(=O)N1CCCC[C@@H]1C(=O)Nc1ccc(C#Cc2cn(CCO)nc2-c2cc(Cl)ccc2O)cc1. The van der Waals surface area contributed by atoms with Crippen LogP contribution in [0.5, 0.6) is 5.75 Å². The Balaban J connectivity index is 1.32. The molecule has 4 aromatic rings. The normalized spacial score (nSPS) is 14.9. The molecule has 11 nitrogen and oxygen atoms in total. The first kappa shape index (κ1) is 37.9. The topological polar surface area (TPSA) is 137 Å². The van der Waals surface area contributed by atoms with Gasteiger partial charge < -0.3 is 25.2 Å². The number of likely N-dealkylation sites (tertiary alicyclic amines) is 1. The van der Waals surface area contributed by atoms with Crippen LogP contribution < -0.4 is 5.32 Å². The number of aliphatic hydroxyl groups is 1. The van der Waals surface area contributed by atoms with Crippen molar-refractivity contribution in [2.45, 2.75) is 70.7 Å². The van der Waals surface area contributed by atoms with E-state index in [-0.39, 0.29) is 37.1 Å². The highest BCUT2D eigenvalue weighted by molar-refractivity contribution is 6.31. The van der Waals surface area contributed by atoms with Crippen molar-refractivity contribution in [1.29, 1.82) is 0 Å². The molecule has 3 N–H and O–H groups in total. The zero-order chi connectivity index (χ0) is 37.4. The number of phenols is 1. The highest BCUT2D eigenvalue weighted by atomic mass is 35.5. The molecular weight excluding hydrogens is 682 g/mol. The highest BCUT2D eigenvalue weighted by Crippen LogP contribution is 2.33. The number of nitrogens with one attached hydrogen (secondary N) is 1. The summed E-state index contributed by atoms with van der Waals surface area (Å²) in [6.07, 6.45) is 3.37. The second-order valence-electron chi connectivity index (χ2n) is 13.7. The molecule has 12 heteroatoms. The monoisotopic (exact) mass is 725 g/mol. The molecule has 272 valence electrons. The molecule has 0 spiro atoms. The Morgan fingerprint density at radius 2 is 1.79 bits per heavy atom. The molecule has 1 aliphatic rings. The number of aromatic hydroxyl groups is 1. The van der Waals surface area contributed by atoms with Gasteiger partial charge in [0, 0.05) is 48.0 Å². The van der Waals surface area contributed by atoms with Gasteiger partial charge in [0.05, 0.1) is 18.7 Å². The molecule has 0 radical (unpaired) electrons. The van der Waals surface area contributed by atoms with Gasteiger partial charge in [-0.15, -0.1) is 0 Å². The van der Waals surface area contributed by atoms with Gasteiger partial charge in [0.15, 0.2) is 0 Å². The van der Waals surface area contributed by atoms with Crippen LogP contribution in [0.3, 0.4) is 0 Å². The van der Waals surface area contributed by atoms with Crippen molar-refractivity contribution in [3.05, 3.63) is 101 Å². The van der Waals surface area contributed by atoms with Crippen molar-refractivity contribution in [2.24, 2.45) is 0 Å². The number of hydrogen-bond donors (Lipinski definition) is 3. The van der Waals surface area contributed by atoms with E-state index in [1.165, 1.54) is 11.0 Å². The van der Waals surface area contributed by atoms with E-state index in [1.807, 2.05) is 30.3 Å². The van der Waals surface area contributed by atoms with E-state index < -0.39 is 23.8 Å². The summed E-state index contributed by atoms with van der Waals surface area (Å²) in [4.78, 5) is 44.1. The molecule has 5 rings (SSSR count). The number of rotatable bonds is 9. The van der Waals surface area contributed by atoms with E-state index in [2.05, 4.69) is 22.3 Å². The summed E-state index contributed by atoms with van der Waals surface area (Å²) in [6.45, 7) is 5.85. The summed E-state index contributed by atoms with van der Waals surface area (Å²) in [5, 5.41) is 27.8. The van der Waals surface area contributed by atoms with Crippen molar-refractivity contribution in [3.63, 3.8) is 0 Å². The number of amides is 3. The summed E-state index contributed by atoms with van der Waals surface area (Å²) in [7, 11) is 1.56. The van der Waals surface area contributed by atoms with Crippen LogP contribution in [-0.2, 0) is 27.3 Å². The van der Waals surface area contributed by atoms with Crippen molar-refractivity contribution < 1.29 is 29.3 Å². The lowest BCUT2D eigenvalue weighted by atomic mass is 9.97. The van der Waals surface area contributed by atoms with Crippen molar-refractivity contribution in [1.82, 2.24) is 19.6 Å². The van der Waals surface area contributed by atoms with Gasteiger partial charge in [-0.1, -0.05) is 53.8 Å². The fourth-order valence-corrected chi connectivity index (χ4v) is 6.15. The Morgan fingerprint density at radius 1 is 1.06 bits per heavy atom. The molecule has 0 saturated carbocycles. The van der Waals surface area contributed by atoms with Gasteiger partial charge >= 0.3 is 6.09 Å². The molecule has 1 fully saturated rings. The number of aromatic nitrogens is 2. The predicted molar refractivity (Wildman–Crippen MR) is 200 cm³/mol. The minimum atomic E-state index is -0.873. The largest absolute Gasteiger partial charge is 0.507 e. The number of anilines is 1. The molecule has 0 aliphatic carbocycles. The van der Waals surface area contributed by atoms with E-state index in [0.717, 1.165) is 18.4 Å². The second-order valence-corrected chi connectivity index (χ2v) is 14.1. The van der Waals surface area contributed by atoms with Gasteiger partial charge in [-0.3, -0.25) is 19.2 Å². The average Bonchev–Trinajstić information content (AvgIpc) is 3.52. The summed E-state index contributed by atoms with van der Waals surface area (Å²) in [5.41, 5.74) is 2.74. The van der Waals surface area contributed by atoms with E-state index in [4.69, 9.17) is 16.3 Å². The zero-order valence-electron chi connectivity index (χ0n) is 29.8. The standard InChI is InChI=1S/C40H44ClN5O6/c1-40(2,3)52-39(51)44(4)34(24-28-10-6-5-7-11-28)38(50)46-21-9-8-12-33(46)37(49)42-31-18-14-27(15-19-31)13-16-29-26-45(22-23-47)43-36(29)32-25-30(41)17-20-35(32)48/h5-7,10-11,14-15,17-20,25-26,33-34,47-48H,8-9,12,21-24H2,1-4H3,(H,42,49)/t33-,34+/m1/s1. The number of carbonyl (C=O) groups excluding carboxylic acids is 3. The van der Waals surface area contributed by atoms with Crippen LogP contribution >= 0.6 is 11.6 Å². The maximum atomic E-state index is 14.2. The molecule has 0 unspecified atom stereocenters. The molecule has 2 atom stereocenters. The molecule has 1 aliphatic heterocycles. The molecule has 3 amide bonds.